The Morgan fingerprint density at radius 3 is 2.69 bits per heavy atom. The molecule has 82 valence electrons. The number of para-hydroxylation sites is 1. The summed E-state index contributed by atoms with van der Waals surface area (Å²) in [4.78, 5) is 11.7. The number of esters is 1. The zero-order valence-corrected chi connectivity index (χ0v) is 8.77. The Balaban J connectivity index is 2.21. The first-order valence-corrected chi connectivity index (χ1v) is 4.79. The van der Waals surface area contributed by atoms with Crippen LogP contribution in [0.15, 0.2) is 41.0 Å². The minimum Gasteiger partial charge on any atom is -0.448 e. The predicted molar refractivity (Wildman–Crippen MR) is 59.3 cm³/mol. The molecule has 2 aromatic rings. The number of hydrogen-bond donors (Lipinski definition) is 1. The average Bonchev–Trinajstić information content (AvgIpc) is 2.68. The molecule has 0 radical (unpaired) electrons. The minimum atomic E-state index is -0.513. The maximum atomic E-state index is 11.7. The van der Waals surface area contributed by atoms with Crippen molar-refractivity contribution in [3.63, 3.8) is 0 Å². The van der Waals surface area contributed by atoms with E-state index in [1.54, 1.807) is 12.1 Å². The first kappa shape index (κ1) is 10.3. The van der Waals surface area contributed by atoms with E-state index in [4.69, 9.17) is 14.9 Å². The van der Waals surface area contributed by atoms with Crippen molar-refractivity contribution < 1.29 is 13.9 Å². The third-order valence-corrected chi connectivity index (χ3v) is 2.21. The molecule has 0 atom stereocenters. The van der Waals surface area contributed by atoms with Crippen molar-refractivity contribution >= 4 is 11.9 Å². The molecule has 0 aliphatic rings. The zero-order valence-electron chi connectivity index (χ0n) is 8.77. The summed E-state index contributed by atoms with van der Waals surface area (Å²) in [6.07, 6.45) is 1.35. The molecule has 1 aromatic heterocycles. The summed E-state index contributed by atoms with van der Waals surface area (Å²) in [6, 6.07) is 8.74. The highest BCUT2D eigenvalue weighted by Crippen LogP contribution is 2.20. The van der Waals surface area contributed by atoms with Gasteiger partial charge in [0.2, 0.25) is 5.88 Å². The Hall–Kier alpha value is -2.23. The molecule has 0 aliphatic heterocycles. The van der Waals surface area contributed by atoms with E-state index in [1.165, 1.54) is 12.3 Å². The van der Waals surface area contributed by atoms with Crippen LogP contribution in [0, 0.1) is 6.92 Å². The number of nitrogens with two attached hydrogens (primary N) is 1. The van der Waals surface area contributed by atoms with Crippen molar-refractivity contribution in [2.45, 2.75) is 6.92 Å². The van der Waals surface area contributed by atoms with Crippen molar-refractivity contribution in [2.75, 3.05) is 5.73 Å². The van der Waals surface area contributed by atoms with E-state index in [0.29, 0.717) is 5.75 Å². The van der Waals surface area contributed by atoms with Crippen LogP contribution in [0.3, 0.4) is 0 Å². The highest BCUT2D eigenvalue weighted by molar-refractivity contribution is 5.95. The largest absolute Gasteiger partial charge is 0.448 e. The van der Waals surface area contributed by atoms with Gasteiger partial charge >= 0.3 is 5.97 Å². The molecule has 2 rings (SSSR count). The van der Waals surface area contributed by atoms with Gasteiger partial charge in [-0.05, 0) is 24.6 Å². The molecule has 4 nitrogen and oxygen atoms in total. The topological polar surface area (TPSA) is 65.5 Å². The van der Waals surface area contributed by atoms with Gasteiger partial charge in [0, 0.05) is 0 Å². The first-order valence-electron chi connectivity index (χ1n) is 4.79. The lowest BCUT2D eigenvalue weighted by molar-refractivity contribution is 0.0734. The summed E-state index contributed by atoms with van der Waals surface area (Å²) in [5.74, 6) is 0.0761. The molecule has 0 bridgehead atoms. The fraction of sp³-hybridized carbons (Fsp3) is 0.0833. The predicted octanol–water partition coefficient (Wildman–Crippen LogP) is 2.39. The lowest BCUT2D eigenvalue weighted by atomic mass is 10.2. The summed E-state index contributed by atoms with van der Waals surface area (Å²) >= 11 is 0. The van der Waals surface area contributed by atoms with Crippen LogP contribution in [0.2, 0.25) is 0 Å². The van der Waals surface area contributed by atoms with Crippen LogP contribution in [0.1, 0.15) is 15.9 Å². The molecule has 0 spiro atoms. The monoisotopic (exact) mass is 217 g/mol. The molecule has 1 heterocycles. The van der Waals surface area contributed by atoms with E-state index in [9.17, 15) is 4.79 Å². The summed E-state index contributed by atoms with van der Waals surface area (Å²) in [5, 5.41) is 0. The van der Waals surface area contributed by atoms with Crippen LogP contribution in [0.25, 0.3) is 0 Å². The van der Waals surface area contributed by atoms with Crippen molar-refractivity contribution in [1.29, 1.82) is 0 Å². The number of benzene rings is 1. The van der Waals surface area contributed by atoms with Gasteiger partial charge in [0.25, 0.3) is 0 Å². The van der Waals surface area contributed by atoms with Gasteiger partial charge in [-0.15, -0.1) is 0 Å². The quantitative estimate of drug-likeness (QED) is 0.619. The number of rotatable bonds is 2. The molecule has 0 unspecified atom stereocenters. The number of hydrogen-bond acceptors (Lipinski definition) is 4. The summed E-state index contributed by atoms with van der Waals surface area (Å²) in [5.41, 5.74) is 6.59. The normalized spacial score (nSPS) is 10.1. The molecule has 0 amide bonds. The number of carbonyl (C=O) groups is 1. The summed E-state index contributed by atoms with van der Waals surface area (Å²) < 4.78 is 10.0. The van der Waals surface area contributed by atoms with Crippen LogP contribution >= 0.6 is 0 Å². The second kappa shape index (κ2) is 4.10. The maximum Gasteiger partial charge on any atom is 0.349 e. The smallest absolute Gasteiger partial charge is 0.349 e. The van der Waals surface area contributed by atoms with Gasteiger partial charge in [-0.1, -0.05) is 18.2 Å². The highest BCUT2D eigenvalue weighted by Gasteiger charge is 2.15. The van der Waals surface area contributed by atoms with E-state index in [0.717, 1.165) is 5.56 Å². The lowest BCUT2D eigenvalue weighted by Crippen LogP contribution is -2.10. The fourth-order valence-electron chi connectivity index (χ4n) is 1.32. The van der Waals surface area contributed by atoms with Gasteiger partial charge < -0.3 is 14.9 Å². The molecule has 0 fully saturated rings. The number of furan rings is 1. The Morgan fingerprint density at radius 1 is 1.31 bits per heavy atom. The van der Waals surface area contributed by atoms with E-state index in [2.05, 4.69) is 0 Å². The number of anilines is 1. The van der Waals surface area contributed by atoms with E-state index < -0.39 is 5.97 Å². The van der Waals surface area contributed by atoms with Crippen LogP contribution in [-0.2, 0) is 0 Å². The maximum absolute atomic E-state index is 11.7. The van der Waals surface area contributed by atoms with Crippen LogP contribution < -0.4 is 10.5 Å². The molecule has 0 saturated carbocycles. The Morgan fingerprint density at radius 2 is 2.06 bits per heavy atom. The van der Waals surface area contributed by atoms with Gasteiger partial charge in [0.05, 0.1) is 6.26 Å². The molecule has 0 saturated heterocycles. The summed E-state index contributed by atoms with van der Waals surface area (Å²) in [6.45, 7) is 1.86. The Labute approximate surface area is 92.6 Å². The van der Waals surface area contributed by atoms with E-state index in [-0.39, 0.29) is 11.4 Å². The molecule has 0 aliphatic carbocycles. The van der Waals surface area contributed by atoms with Gasteiger partial charge in [-0.25, -0.2) is 4.79 Å². The SMILES string of the molecule is Cc1ccccc1OC(=O)c1ccoc1N. The van der Waals surface area contributed by atoms with Crippen molar-refractivity contribution in [2.24, 2.45) is 0 Å². The number of carbonyl (C=O) groups excluding carboxylic acids is 1. The first-order chi connectivity index (χ1) is 7.68. The number of ether oxygens (including phenoxy) is 1. The van der Waals surface area contributed by atoms with Crippen molar-refractivity contribution in [3.05, 3.63) is 47.7 Å². The standard InChI is InChI=1S/C12H11NO3/c1-8-4-2-3-5-10(8)16-12(14)9-6-7-15-11(9)13/h2-7H,13H2,1H3. The van der Waals surface area contributed by atoms with Crippen molar-refractivity contribution in [1.82, 2.24) is 0 Å². The number of aryl methyl sites for hydroxylation is 1. The lowest BCUT2D eigenvalue weighted by Gasteiger charge is -2.05. The van der Waals surface area contributed by atoms with E-state index in [1.807, 2.05) is 19.1 Å². The van der Waals surface area contributed by atoms with Gasteiger partial charge in [0.1, 0.15) is 11.3 Å². The molecular formula is C12H11NO3. The Bertz CT molecular complexity index is 516. The molecule has 16 heavy (non-hydrogen) atoms. The average molecular weight is 217 g/mol. The van der Waals surface area contributed by atoms with E-state index >= 15 is 0 Å². The second-order valence-electron chi connectivity index (χ2n) is 3.35. The highest BCUT2D eigenvalue weighted by atomic mass is 16.5. The van der Waals surface area contributed by atoms with Gasteiger partial charge in [-0.3, -0.25) is 0 Å². The van der Waals surface area contributed by atoms with Crippen LogP contribution in [0.5, 0.6) is 5.75 Å². The van der Waals surface area contributed by atoms with Gasteiger partial charge in [-0.2, -0.15) is 0 Å². The van der Waals surface area contributed by atoms with Crippen molar-refractivity contribution in [3.8, 4) is 5.75 Å². The molecular weight excluding hydrogens is 206 g/mol. The minimum absolute atomic E-state index is 0.0681. The Kier molecular flexibility index (Phi) is 2.64. The van der Waals surface area contributed by atoms with Crippen LogP contribution in [0.4, 0.5) is 5.88 Å². The third kappa shape index (κ3) is 1.91. The third-order valence-electron chi connectivity index (χ3n) is 2.21. The zero-order chi connectivity index (χ0) is 11.5. The molecule has 1 aromatic carbocycles. The second-order valence-corrected chi connectivity index (χ2v) is 3.35. The van der Waals surface area contributed by atoms with Crippen LogP contribution in [-0.4, -0.2) is 5.97 Å². The molecule has 2 N–H and O–H groups in total. The molecule has 4 heteroatoms. The fourth-order valence-corrected chi connectivity index (χ4v) is 1.32. The number of nitrogen functional groups attached to an aromatic ring is 1. The van der Waals surface area contributed by atoms with Gasteiger partial charge in [0.15, 0.2) is 0 Å². The summed E-state index contributed by atoms with van der Waals surface area (Å²) in [7, 11) is 0.